The molecule has 0 saturated carbocycles. The van der Waals surface area contributed by atoms with E-state index in [9.17, 15) is 9.90 Å². The maximum atomic E-state index is 11.7. The van der Waals surface area contributed by atoms with E-state index in [2.05, 4.69) is 5.32 Å². The first-order valence-corrected chi connectivity index (χ1v) is 5.28. The SMILES string of the molecule is Cc1ccc(O)c(NC(=O)C(N)C(C)C)c1. The number of nitrogens with one attached hydrogen (secondary N) is 1. The smallest absolute Gasteiger partial charge is 0.241 e. The number of anilines is 1. The second-order valence-corrected chi connectivity index (χ2v) is 4.28. The lowest BCUT2D eigenvalue weighted by molar-refractivity contribution is -0.118. The molecule has 1 atom stereocenters. The van der Waals surface area contributed by atoms with E-state index in [0.29, 0.717) is 5.69 Å². The molecule has 0 saturated heterocycles. The summed E-state index contributed by atoms with van der Waals surface area (Å²) >= 11 is 0. The van der Waals surface area contributed by atoms with Crippen LogP contribution in [0.3, 0.4) is 0 Å². The Labute approximate surface area is 95.5 Å². The van der Waals surface area contributed by atoms with Gasteiger partial charge in [-0.2, -0.15) is 0 Å². The van der Waals surface area contributed by atoms with Gasteiger partial charge in [0, 0.05) is 0 Å². The number of amides is 1. The molecule has 16 heavy (non-hydrogen) atoms. The molecule has 1 amide bonds. The van der Waals surface area contributed by atoms with Crippen LogP contribution in [-0.4, -0.2) is 17.1 Å². The molecule has 1 aromatic carbocycles. The molecule has 1 unspecified atom stereocenters. The largest absolute Gasteiger partial charge is 0.506 e. The molecule has 0 aliphatic carbocycles. The molecule has 1 aromatic rings. The molecule has 0 fully saturated rings. The van der Waals surface area contributed by atoms with Gasteiger partial charge in [0.2, 0.25) is 5.91 Å². The first-order valence-electron chi connectivity index (χ1n) is 5.28. The number of phenolic OH excluding ortho intramolecular Hbond substituents is 1. The Morgan fingerprint density at radius 2 is 2.06 bits per heavy atom. The van der Waals surface area contributed by atoms with Crippen molar-refractivity contribution in [3.05, 3.63) is 23.8 Å². The van der Waals surface area contributed by atoms with Crippen molar-refractivity contribution in [2.45, 2.75) is 26.8 Å². The summed E-state index contributed by atoms with van der Waals surface area (Å²) in [6.45, 7) is 5.64. The molecule has 4 heteroatoms. The Morgan fingerprint density at radius 3 is 2.62 bits per heavy atom. The van der Waals surface area contributed by atoms with Crippen LogP contribution in [0.25, 0.3) is 0 Å². The van der Waals surface area contributed by atoms with E-state index in [1.807, 2.05) is 20.8 Å². The monoisotopic (exact) mass is 222 g/mol. The van der Waals surface area contributed by atoms with E-state index in [-0.39, 0.29) is 17.6 Å². The number of aryl methyl sites for hydroxylation is 1. The van der Waals surface area contributed by atoms with Crippen molar-refractivity contribution in [1.29, 1.82) is 0 Å². The number of rotatable bonds is 3. The molecule has 4 nitrogen and oxygen atoms in total. The maximum absolute atomic E-state index is 11.7. The molecular formula is C12H18N2O2. The predicted octanol–water partition coefficient (Wildman–Crippen LogP) is 1.62. The maximum Gasteiger partial charge on any atom is 0.241 e. The standard InChI is InChI=1S/C12H18N2O2/c1-7(2)11(13)12(16)14-9-6-8(3)4-5-10(9)15/h4-7,11,15H,13H2,1-3H3,(H,14,16). The van der Waals surface area contributed by atoms with E-state index < -0.39 is 6.04 Å². The molecule has 1 rings (SSSR count). The highest BCUT2D eigenvalue weighted by Gasteiger charge is 2.18. The van der Waals surface area contributed by atoms with E-state index >= 15 is 0 Å². The molecule has 0 radical (unpaired) electrons. The Hall–Kier alpha value is -1.55. The fourth-order valence-electron chi connectivity index (χ4n) is 1.27. The fourth-order valence-corrected chi connectivity index (χ4v) is 1.27. The highest BCUT2D eigenvalue weighted by atomic mass is 16.3. The quantitative estimate of drug-likeness (QED) is 0.680. The molecule has 0 spiro atoms. The summed E-state index contributed by atoms with van der Waals surface area (Å²) in [4.78, 5) is 11.7. The second-order valence-electron chi connectivity index (χ2n) is 4.28. The molecule has 88 valence electrons. The van der Waals surface area contributed by atoms with Crippen molar-refractivity contribution in [1.82, 2.24) is 0 Å². The summed E-state index contributed by atoms with van der Waals surface area (Å²) in [5, 5.41) is 12.2. The molecule has 0 heterocycles. The van der Waals surface area contributed by atoms with Gasteiger partial charge in [0.05, 0.1) is 11.7 Å². The Morgan fingerprint density at radius 1 is 1.44 bits per heavy atom. The highest BCUT2D eigenvalue weighted by Crippen LogP contribution is 2.24. The van der Waals surface area contributed by atoms with Crippen LogP contribution < -0.4 is 11.1 Å². The number of hydrogen-bond donors (Lipinski definition) is 3. The number of carbonyl (C=O) groups excluding carboxylic acids is 1. The summed E-state index contributed by atoms with van der Waals surface area (Å²) in [6.07, 6.45) is 0. The van der Waals surface area contributed by atoms with E-state index in [1.165, 1.54) is 0 Å². The van der Waals surface area contributed by atoms with E-state index in [1.54, 1.807) is 18.2 Å². The van der Waals surface area contributed by atoms with Gasteiger partial charge in [0.25, 0.3) is 0 Å². The zero-order valence-electron chi connectivity index (χ0n) is 9.82. The average Bonchev–Trinajstić information content (AvgIpc) is 2.22. The summed E-state index contributed by atoms with van der Waals surface area (Å²) in [5.41, 5.74) is 7.07. The van der Waals surface area contributed by atoms with Crippen molar-refractivity contribution < 1.29 is 9.90 Å². The lowest BCUT2D eigenvalue weighted by Gasteiger charge is -2.16. The Kier molecular flexibility index (Phi) is 3.90. The number of benzene rings is 1. The van der Waals surface area contributed by atoms with Crippen LogP contribution in [0, 0.1) is 12.8 Å². The van der Waals surface area contributed by atoms with Gasteiger partial charge in [-0.3, -0.25) is 4.79 Å². The van der Waals surface area contributed by atoms with Gasteiger partial charge in [-0.25, -0.2) is 0 Å². The van der Waals surface area contributed by atoms with E-state index in [0.717, 1.165) is 5.56 Å². The molecule has 0 bridgehead atoms. The van der Waals surface area contributed by atoms with Crippen LogP contribution in [0.1, 0.15) is 19.4 Å². The fraction of sp³-hybridized carbons (Fsp3) is 0.417. The van der Waals surface area contributed by atoms with Gasteiger partial charge in [0.15, 0.2) is 0 Å². The van der Waals surface area contributed by atoms with Crippen LogP contribution in [0.4, 0.5) is 5.69 Å². The molecular weight excluding hydrogens is 204 g/mol. The van der Waals surface area contributed by atoms with E-state index in [4.69, 9.17) is 5.73 Å². The van der Waals surface area contributed by atoms with Gasteiger partial charge in [-0.15, -0.1) is 0 Å². The van der Waals surface area contributed by atoms with Gasteiger partial charge in [-0.05, 0) is 30.5 Å². The number of phenols is 1. The zero-order valence-corrected chi connectivity index (χ0v) is 9.82. The minimum Gasteiger partial charge on any atom is -0.506 e. The summed E-state index contributed by atoms with van der Waals surface area (Å²) in [7, 11) is 0. The van der Waals surface area contributed by atoms with Crippen LogP contribution in [0.2, 0.25) is 0 Å². The van der Waals surface area contributed by atoms with Crippen molar-refractivity contribution in [3.63, 3.8) is 0 Å². The second kappa shape index (κ2) is 4.99. The van der Waals surface area contributed by atoms with Crippen molar-refractivity contribution in [3.8, 4) is 5.75 Å². The Bertz CT molecular complexity index is 389. The summed E-state index contributed by atoms with van der Waals surface area (Å²) in [5.74, 6) is -0.169. The number of hydrogen-bond acceptors (Lipinski definition) is 3. The molecule has 0 aliphatic heterocycles. The normalized spacial score (nSPS) is 12.6. The van der Waals surface area contributed by atoms with Gasteiger partial charge >= 0.3 is 0 Å². The lowest BCUT2D eigenvalue weighted by atomic mass is 10.0. The third-order valence-corrected chi connectivity index (χ3v) is 2.43. The average molecular weight is 222 g/mol. The van der Waals surface area contributed by atoms with Crippen LogP contribution in [0.5, 0.6) is 5.75 Å². The van der Waals surface area contributed by atoms with Gasteiger partial charge in [0.1, 0.15) is 5.75 Å². The minimum absolute atomic E-state index is 0.0508. The lowest BCUT2D eigenvalue weighted by Crippen LogP contribution is -2.39. The molecule has 0 aliphatic rings. The van der Waals surface area contributed by atoms with Crippen molar-refractivity contribution >= 4 is 11.6 Å². The summed E-state index contributed by atoms with van der Waals surface area (Å²) in [6, 6.07) is 4.46. The summed E-state index contributed by atoms with van der Waals surface area (Å²) < 4.78 is 0. The zero-order chi connectivity index (χ0) is 12.3. The highest BCUT2D eigenvalue weighted by molar-refractivity contribution is 5.96. The van der Waals surface area contributed by atoms with Crippen molar-refractivity contribution in [2.75, 3.05) is 5.32 Å². The third-order valence-electron chi connectivity index (χ3n) is 2.43. The van der Waals surface area contributed by atoms with Crippen LogP contribution in [0.15, 0.2) is 18.2 Å². The number of aromatic hydroxyl groups is 1. The topological polar surface area (TPSA) is 75.3 Å². The van der Waals surface area contributed by atoms with Crippen LogP contribution >= 0.6 is 0 Å². The first-order chi connectivity index (χ1) is 7.41. The molecule has 0 aromatic heterocycles. The minimum atomic E-state index is -0.570. The van der Waals surface area contributed by atoms with Gasteiger partial charge < -0.3 is 16.2 Å². The third kappa shape index (κ3) is 2.97. The number of carbonyl (C=O) groups is 1. The van der Waals surface area contributed by atoms with Crippen molar-refractivity contribution in [2.24, 2.45) is 11.7 Å². The first kappa shape index (κ1) is 12.5. The number of nitrogens with two attached hydrogens (primary N) is 1. The molecule has 4 N–H and O–H groups in total. The predicted molar refractivity (Wildman–Crippen MR) is 64.3 cm³/mol. The van der Waals surface area contributed by atoms with Crippen LogP contribution in [-0.2, 0) is 4.79 Å². The Balaban J connectivity index is 2.80. The van der Waals surface area contributed by atoms with Gasteiger partial charge in [-0.1, -0.05) is 19.9 Å².